The molecule has 0 unspecified atom stereocenters. The normalized spacial score (nSPS) is 11.2. The highest BCUT2D eigenvalue weighted by Crippen LogP contribution is 2.23. The molecule has 114 valence electrons. The van der Waals surface area contributed by atoms with E-state index in [0.717, 1.165) is 15.9 Å². The Hall–Kier alpha value is -2.75. The van der Waals surface area contributed by atoms with Crippen LogP contribution in [0.15, 0.2) is 27.4 Å². The summed E-state index contributed by atoms with van der Waals surface area (Å²) in [5.41, 5.74) is 0.387. The Bertz CT molecular complexity index is 1010. The summed E-state index contributed by atoms with van der Waals surface area (Å²) < 4.78 is 3.89. The quantitative estimate of drug-likeness (QED) is 0.514. The standard InChI is InChI=1S/C12H11N5O4S/c1-14-10-9(11(18)15(2)12(14)19)16(6-13-10)4-7-3-8(17(20)21)22-5-7/h3,5-6H,4H2,1-2H3. The molecule has 22 heavy (non-hydrogen) atoms. The van der Waals surface area contributed by atoms with Crippen molar-refractivity contribution in [2.45, 2.75) is 6.54 Å². The number of nitrogens with zero attached hydrogens (tertiary/aromatic N) is 5. The second-order valence-corrected chi connectivity index (χ2v) is 5.69. The number of nitro groups is 1. The van der Waals surface area contributed by atoms with Gasteiger partial charge in [-0.3, -0.25) is 24.0 Å². The van der Waals surface area contributed by atoms with Crippen LogP contribution < -0.4 is 11.2 Å². The van der Waals surface area contributed by atoms with Crippen LogP contribution in [0.3, 0.4) is 0 Å². The number of fused-ring (bicyclic) bond motifs is 1. The molecule has 0 bridgehead atoms. The van der Waals surface area contributed by atoms with Crippen LogP contribution >= 0.6 is 11.3 Å². The largest absolute Gasteiger partial charge is 0.332 e. The van der Waals surface area contributed by atoms with E-state index in [9.17, 15) is 19.7 Å². The molecule has 0 fully saturated rings. The molecule has 0 spiro atoms. The summed E-state index contributed by atoms with van der Waals surface area (Å²) in [4.78, 5) is 38.5. The Morgan fingerprint density at radius 2 is 2.05 bits per heavy atom. The molecule has 9 nitrogen and oxygen atoms in total. The van der Waals surface area contributed by atoms with E-state index in [4.69, 9.17) is 0 Å². The van der Waals surface area contributed by atoms with Gasteiger partial charge in [-0.05, 0) is 5.56 Å². The predicted molar refractivity (Wildman–Crippen MR) is 80.3 cm³/mol. The van der Waals surface area contributed by atoms with Gasteiger partial charge >= 0.3 is 10.7 Å². The summed E-state index contributed by atoms with van der Waals surface area (Å²) in [5.74, 6) is 0. The average Bonchev–Trinajstić information content (AvgIpc) is 3.10. The van der Waals surface area contributed by atoms with E-state index in [-0.39, 0.29) is 17.2 Å². The van der Waals surface area contributed by atoms with E-state index in [1.807, 2.05) is 0 Å². The highest BCUT2D eigenvalue weighted by atomic mass is 32.1. The summed E-state index contributed by atoms with van der Waals surface area (Å²) in [5, 5.41) is 12.4. The number of hydrogen-bond donors (Lipinski definition) is 0. The zero-order valence-corrected chi connectivity index (χ0v) is 12.5. The van der Waals surface area contributed by atoms with Crippen LogP contribution in [-0.2, 0) is 20.6 Å². The van der Waals surface area contributed by atoms with E-state index in [1.54, 1.807) is 9.95 Å². The first-order valence-electron chi connectivity index (χ1n) is 6.23. The fourth-order valence-electron chi connectivity index (χ4n) is 2.25. The molecule has 10 heteroatoms. The number of aryl methyl sites for hydroxylation is 1. The Labute approximate surface area is 126 Å². The summed E-state index contributed by atoms with van der Waals surface area (Å²) in [6, 6.07) is 1.46. The molecule has 0 atom stereocenters. The van der Waals surface area contributed by atoms with Crippen LogP contribution in [0.1, 0.15) is 5.56 Å². The smallest absolute Gasteiger partial charge is 0.320 e. The van der Waals surface area contributed by atoms with Crippen molar-refractivity contribution in [2.75, 3.05) is 0 Å². The van der Waals surface area contributed by atoms with Gasteiger partial charge in [0.25, 0.3) is 5.56 Å². The van der Waals surface area contributed by atoms with Crippen molar-refractivity contribution in [2.24, 2.45) is 14.1 Å². The maximum Gasteiger partial charge on any atom is 0.332 e. The maximum absolute atomic E-state index is 12.3. The van der Waals surface area contributed by atoms with Crippen molar-refractivity contribution in [1.29, 1.82) is 0 Å². The third-order valence-corrected chi connectivity index (χ3v) is 4.32. The first-order valence-corrected chi connectivity index (χ1v) is 7.10. The van der Waals surface area contributed by atoms with E-state index in [1.165, 1.54) is 31.1 Å². The first kappa shape index (κ1) is 14.2. The monoisotopic (exact) mass is 321 g/mol. The molecule has 0 radical (unpaired) electrons. The van der Waals surface area contributed by atoms with Gasteiger partial charge in [-0.25, -0.2) is 9.78 Å². The van der Waals surface area contributed by atoms with Gasteiger partial charge in [0.1, 0.15) is 0 Å². The number of thiophene rings is 1. The third-order valence-electron chi connectivity index (χ3n) is 3.39. The van der Waals surface area contributed by atoms with Gasteiger partial charge < -0.3 is 4.57 Å². The zero-order valence-electron chi connectivity index (χ0n) is 11.7. The van der Waals surface area contributed by atoms with Gasteiger partial charge in [0, 0.05) is 25.5 Å². The molecule has 0 aromatic carbocycles. The minimum atomic E-state index is -0.455. The highest BCUT2D eigenvalue weighted by Gasteiger charge is 2.16. The second kappa shape index (κ2) is 4.91. The Morgan fingerprint density at radius 1 is 1.32 bits per heavy atom. The molecule has 0 saturated heterocycles. The van der Waals surface area contributed by atoms with E-state index >= 15 is 0 Å². The van der Waals surface area contributed by atoms with Crippen molar-refractivity contribution >= 4 is 27.5 Å². The molecule has 0 aliphatic heterocycles. The second-order valence-electron chi connectivity index (χ2n) is 4.80. The highest BCUT2D eigenvalue weighted by molar-refractivity contribution is 7.13. The van der Waals surface area contributed by atoms with Crippen LogP contribution in [-0.4, -0.2) is 23.6 Å². The van der Waals surface area contributed by atoms with Gasteiger partial charge in [0.2, 0.25) is 0 Å². The Kier molecular flexibility index (Phi) is 3.17. The van der Waals surface area contributed by atoms with E-state index in [0.29, 0.717) is 11.1 Å². The molecule has 3 heterocycles. The predicted octanol–water partition coefficient (Wildman–Crippen LogP) is 0.452. The molecule has 0 aliphatic carbocycles. The molecular weight excluding hydrogens is 310 g/mol. The van der Waals surface area contributed by atoms with Crippen molar-refractivity contribution < 1.29 is 4.92 Å². The van der Waals surface area contributed by atoms with Crippen molar-refractivity contribution in [3.8, 4) is 0 Å². The van der Waals surface area contributed by atoms with Crippen LogP contribution in [0.25, 0.3) is 11.2 Å². The first-order chi connectivity index (χ1) is 10.4. The van der Waals surface area contributed by atoms with Gasteiger partial charge in [-0.2, -0.15) is 0 Å². The minimum absolute atomic E-state index is 0.0414. The zero-order chi connectivity index (χ0) is 16.0. The molecule has 0 saturated carbocycles. The molecule has 0 amide bonds. The Morgan fingerprint density at radius 3 is 2.68 bits per heavy atom. The van der Waals surface area contributed by atoms with Gasteiger partial charge in [0.15, 0.2) is 11.2 Å². The third kappa shape index (κ3) is 2.04. The van der Waals surface area contributed by atoms with E-state index < -0.39 is 16.2 Å². The number of imidazole rings is 1. The van der Waals surface area contributed by atoms with Crippen LogP contribution in [0.5, 0.6) is 0 Å². The topological polar surface area (TPSA) is 105 Å². The summed E-state index contributed by atoms with van der Waals surface area (Å²) >= 11 is 1.03. The molecule has 3 aromatic heterocycles. The molecule has 0 aliphatic rings. The van der Waals surface area contributed by atoms with Crippen LogP contribution in [0.4, 0.5) is 5.00 Å². The fourth-order valence-corrected chi connectivity index (χ4v) is 2.98. The minimum Gasteiger partial charge on any atom is -0.320 e. The number of hydrogen-bond acceptors (Lipinski definition) is 6. The summed E-state index contributed by atoms with van der Waals surface area (Å²) in [7, 11) is 2.94. The van der Waals surface area contributed by atoms with Crippen molar-refractivity contribution in [3.63, 3.8) is 0 Å². The lowest BCUT2D eigenvalue weighted by Gasteiger charge is -2.05. The Balaban J connectivity index is 2.14. The number of rotatable bonds is 3. The van der Waals surface area contributed by atoms with Gasteiger partial charge in [-0.1, -0.05) is 11.3 Å². The molecular formula is C12H11N5O4S. The lowest BCUT2D eigenvalue weighted by molar-refractivity contribution is -0.380. The van der Waals surface area contributed by atoms with Crippen molar-refractivity contribution in [1.82, 2.24) is 18.7 Å². The van der Waals surface area contributed by atoms with Gasteiger partial charge in [0.05, 0.1) is 17.8 Å². The summed E-state index contributed by atoms with van der Waals surface area (Å²) in [6.07, 6.45) is 1.45. The average molecular weight is 321 g/mol. The maximum atomic E-state index is 12.3. The van der Waals surface area contributed by atoms with Gasteiger partial charge in [-0.15, -0.1) is 0 Å². The SMILES string of the molecule is Cn1c(=O)c2c(ncn2Cc2csc([N+](=O)[O-])c2)n(C)c1=O. The molecule has 3 rings (SSSR count). The molecule has 3 aromatic rings. The van der Waals surface area contributed by atoms with Crippen LogP contribution in [0.2, 0.25) is 0 Å². The lowest BCUT2D eigenvalue weighted by atomic mass is 10.3. The lowest BCUT2D eigenvalue weighted by Crippen LogP contribution is -2.37. The molecule has 0 N–H and O–H groups in total. The van der Waals surface area contributed by atoms with E-state index in [2.05, 4.69) is 4.98 Å². The number of aromatic nitrogens is 4. The summed E-state index contributed by atoms with van der Waals surface area (Å²) in [6.45, 7) is 0.272. The van der Waals surface area contributed by atoms with Crippen LogP contribution in [0, 0.1) is 10.1 Å². The fraction of sp³-hybridized carbons (Fsp3) is 0.250. The van der Waals surface area contributed by atoms with Crippen molar-refractivity contribution in [3.05, 3.63) is 54.3 Å².